The summed E-state index contributed by atoms with van der Waals surface area (Å²) in [7, 11) is 0. The maximum absolute atomic E-state index is 10.5. The average Bonchev–Trinajstić information content (AvgIpc) is 2.14. The van der Waals surface area contributed by atoms with Crippen molar-refractivity contribution in [3.05, 3.63) is 30.3 Å². The summed E-state index contributed by atoms with van der Waals surface area (Å²) in [4.78, 5) is 0. The Morgan fingerprint density at radius 2 is 1.86 bits per heavy atom. The Labute approximate surface area is 106 Å². The summed E-state index contributed by atoms with van der Waals surface area (Å²) < 4.78 is 10.1. The molecular weight excluding hydrogens is 191 g/mol. The van der Waals surface area contributed by atoms with Crippen LogP contribution >= 0.6 is 0 Å². The maximum atomic E-state index is 10.5. The first-order valence-corrected chi connectivity index (χ1v) is 4.24. The molecule has 0 amide bonds. The van der Waals surface area contributed by atoms with Gasteiger partial charge in [-0.1, -0.05) is 25.1 Å². The third-order valence-corrected chi connectivity index (χ3v) is 1.45. The van der Waals surface area contributed by atoms with Gasteiger partial charge in [0.05, 0.1) is 6.61 Å². The largest absolute Gasteiger partial charge is 1.00 e. The maximum Gasteiger partial charge on any atom is 1.00 e. The third kappa shape index (κ3) is 6.40. The topological polar surface area (TPSA) is 41.5 Å². The average molecular weight is 204 g/mol. The molecule has 0 aliphatic rings. The molecule has 1 aromatic rings. The first-order chi connectivity index (χ1) is 6.29. The number of ether oxygens (including phenoxy) is 2. The monoisotopic (exact) mass is 204 g/mol. The van der Waals surface area contributed by atoms with Crippen LogP contribution in [0, 0.1) is 0 Å². The second-order valence-electron chi connectivity index (χ2n) is 2.60. The van der Waals surface area contributed by atoms with Crippen LogP contribution in [-0.2, 0) is 4.74 Å². The summed E-state index contributed by atoms with van der Waals surface area (Å²) in [6.07, 6.45) is -0.973. The molecule has 1 unspecified atom stereocenters. The first kappa shape index (κ1) is 13.9. The van der Waals surface area contributed by atoms with Crippen LogP contribution in [0.1, 0.15) is 6.92 Å². The van der Waals surface area contributed by atoms with E-state index in [9.17, 15) is 5.11 Å². The van der Waals surface area contributed by atoms with Crippen molar-refractivity contribution in [2.45, 2.75) is 13.2 Å². The summed E-state index contributed by atoms with van der Waals surface area (Å²) >= 11 is 0. The van der Waals surface area contributed by atoms with Crippen LogP contribution in [0.25, 0.3) is 0 Å². The van der Waals surface area contributed by atoms with Crippen molar-refractivity contribution in [2.24, 2.45) is 0 Å². The Morgan fingerprint density at radius 1 is 1.21 bits per heavy atom. The van der Waals surface area contributed by atoms with Gasteiger partial charge in [0.25, 0.3) is 0 Å². The molecule has 0 aliphatic heterocycles. The molecule has 0 fully saturated rings. The van der Waals surface area contributed by atoms with Gasteiger partial charge in [0.2, 0.25) is 0 Å². The van der Waals surface area contributed by atoms with Crippen molar-refractivity contribution in [3.8, 4) is 5.75 Å². The zero-order valence-electron chi connectivity index (χ0n) is 8.60. The van der Waals surface area contributed by atoms with Crippen LogP contribution in [0.3, 0.4) is 0 Å². The van der Waals surface area contributed by atoms with E-state index in [-0.39, 0.29) is 29.6 Å². The van der Waals surface area contributed by atoms with Crippen molar-refractivity contribution in [3.63, 3.8) is 0 Å². The SMILES string of the molecule is CC([O-])OCCOc1ccccc1.[Na+]. The molecule has 1 aromatic carbocycles. The second-order valence-corrected chi connectivity index (χ2v) is 2.60. The van der Waals surface area contributed by atoms with Crippen molar-refractivity contribution in [2.75, 3.05) is 13.2 Å². The molecule has 0 spiro atoms. The van der Waals surface area contributed by atoms with Gasteiger partial charge in [-0.05, 0) is 18.4 Å². The Hall–Kier alpha value is -0.0600. The van der Waals surface area contributed by atoms with Crippen molar-refractivity contribution in [1.82, 2.24) is 0 Å². The van der Waals surface area contributed by atoms with E-state index in [1.807, 2.05) is 30.3 Å². The Kier molecular flexibility index (Phi) is 8.23. The van der Waals surface area contributed by atoms with Crippen LogP contribution in [-0.4, -0.2) is 19.5 Å². The van der Waals surface area contributed by atoms with Crippen LogP contribution in [0.5, 0.6) is 5.75 Å². The minimum Gasteiger partial charge on any atom is -0.831 e. The Bertz CT molecular complexity index is 226. The smallest absolute Gasteiger partial charge is 0.831 e. The van der Waals surface area contributed by atoms with Crippen LogP contribution in [0.2, 0.25) is 0 Å². The van der Waals surface area contributed by atoms with Crippen molar-refractivity contribution >= 4 is 0 Å². The minimum absolute atomic E-state index is 0. The Balaban J connectivity index is 0.00000169. The molecule has 0 radical (unpaired) electrons. The van der Waals surface area contributed by atoms with Gasteiger partial charge in [0.1, 0.15) is 12.4 Å². The van der Waals surface area contributed by atoms with Gasteiger partial charge in [-0.15, -0.1) is 0 Å². The van der Waals surface area contributed by atoms with Gasteiger partial charge in [-0.25, -0.2) is 0 Å². The molecule has 3 nitrogen and oxygen atoms in total. The fourth-order valence-corrected chi connectivity index (χ4v) is 0.890. The molecule has 1 atom stereocenters. The molecule has 4 heteroatoms. The van der Waals surface area contributed by atoms with Gasteiger partial charge < -0.3 is 14.6 Å². The quantitative estimate of drug-likeness (QED) is 0.310. The normalized spacial score (nSPS) is 11.6. The molecular formula is C10H13NaO3. The van der Waals surface area contributed by atoms with Gasteiger partial charge in [-0.2, -0.15) is 0 Å². The molecule has 0 aliphatic carbocycles. The standard InChI is InChI=1S/C10H13O3.Na/c1-9(11)12-7-8-13-10-5-3-2-4-6-10;/h2-6,9H,7-8H2,1H3;/q-1;+1. The van der Waals surface area contributed by atoms with Gasteiger partial charge >= 0.3 is 29.6 Å². The first-order valence-electron chi connectivity index (χ1n) is 4.24. The number of hydrogen-bond donors (Lipinski definition) is 0. The van der Waals surface area contributed by atoms with Crippen LogP contribution in [0.15, 0.2) is 30.3 Å². The van der Waals surface area contributed by atoms with Gasteiger partial charge in [-0.3, -0.25) is 0 Å². The molecule has 14 heavy (non-hydrogen) atoms. The molecule has 0 heterocycles. The number of para-hydroxylation sites is 1. The summed E-state index contributed by atoms with van der Waals surface area (Å²) in [5.41, 5.74) is 0. The minimum atomic E-state index is -0.973. The number of rotatable bonds is 5. The van der Waals surface area contributed by atoms with Gasteiger partial charge in [0.15, 0.2) is 0 Å². The molecule has 0 saturated heterocycles. The van der Waals surface area contributed by atoms with Crippen molar-refractivity contribution in [1.29, 1.82) is 0 Å². The fraction of sp³-hybridized carbons (Fsp3) is 0.400. The number of benzene rings is 1. The van der Waals surface area contributed by atoms with Gasteiger partial charge in [0, 0.05) is 0 Å². The fourth-order valence-electron chi connectivity index (χ4n) is 0.890. The van der Waals surface area contributed by atoms with Crippen LogP contribution in [0.4, 0.5) is 0 Å². The number of hydrogen-bond acceptors (Lipinski definition) is 3. The van der Waals surface area contributed by atoms with E-state index in [0.717, 1.165) is 5.75 Å². The van der Waals surface area contributed by atoms with E-state index < -0.39 is 6.29 Å². The molecule has 0 bridgehead atoms. The molecule has 0 N–H and O–H groups in total. The van der Waals surface area contributed by atoms with E-state index in [4.69, 9.17) is 9.47 Å². The van der Waals surface area contributed by atoms with E-state index in [1.54, 1.807) is 0 Å². The molecule has 1 rings (SSSR count). The predicted molar refractivity (Wildman–Crippen MR) is 47.4 cm³/mol. The third-order valence-electron chi connectivity index (χ3n) is 1.45. The van der Waals surface area contributed by atoms with Crippen molar-refractivity contribution < 1.29 is 44.1 Å². The zero-order valence-corrected chi connectivity index (χ0v) is 10.6. The van der Waals surface area contributed by atoms with E-state index in [1.165, 1.54) is 6.92 Å². The van der Waals surface area contributed by atoms with E-state index in [2.05, 4.69) is 0 Å². The summed E-state index contributed by atoms with van der Waals surface area (Å²) in [5, 5.41) is 10.5. The Morgan fingerprint density at radius 3 is 2.43 bits per heavy atom. The molecule has 72 valence electrons. The second kappa shape index (κ2) is 8.26. The summed E-state index contributed by atoms with van der Waals surface area (Å²) in [5.74, 6) is 0.796. The van der Waals surface area contributed by atoms with E-state index >= 15 is 0 Å². The van der Waals surface area contributed by atoms with E-state index in [0.29, 0.717) is 13.2 Å². The molecule has 0 saturated carbocycles. The zero-order chi connectivity index (χ0) is 9.52. The summed E-state index contributed by atoms with van der Waals surface area (Å²) in [6.45, 7) is 2.21. The van der Waals surface area contributed by atoms with Crippen LogP contribution < -0.4 is 39.4 Å². The summed E-state index contributed by atoms with van der Waals surface area (Å²) in [6, 6.07) is 9.43. The molecule has 0 aromatic heterocycles. The predicted octanol–water partition coefficient (Wildman–Crippen LogP) is -2.21.